The summed E-state index contributed by atoms with van der Waals surface area (Å²) in [6, 6.07) is 12.2. The van der Waals surface area contributed by atoms with E-state index in [0.29, 0.717) is 29.4 Å². The van der Waals surface area contributed by atoms with Gasteiger partial charge in [0.15, 0.2) is 5.96 Å². The van der Waals surface area contributed by atoms with Gasteiger partial charge in [-0.1, -0.05) is 29.8 Å². The highest BCUT2D eigenvalue weighted by atomic mass is 127. The maximum atomic E-state index is 12.6. The standard InChI is InChI=1S/C21H27F2N3O3.HI/c1-4-24-21(26-13-18(27)15-6-5-7-17(11-15)28-3)25-12-16-10-14(2)8-9-19(16)29-20(22)23;/h5-11,18,20,27H,4,12-13H2,1-3H3,(H2,24,25,26);1H. The molecule has 0 bridgehead atoms. The first-order valence-electron chi connectivity index (χ1n) is 9.31. The fraction of sp³-hybridized carbons (Fsp3) is 0.381. The second-order valence-corrected chi connectivity index (χ2v) is 6.36. The highest BCUT2D eigenvalue weighted by Gasteiger charge is 2.12. The Labute approximate surface area is 192 Å². The fourth-order valence-electron chi connectivity index (χ4n) is 2.71. The molecule has 0 aromatic heterocycles. The summed E-state index contributed by atoms with van der Waals surface area (Å²) in [4.78, 5) is 4.43. The molecule has 9 heteroatoms. The molecule has 0 aliphatic heterocycles. The molecule has 2 rings (SSSR count). The number of hydrogen-bond acceptors (Lipinski definition) is 4. The monoisotopic (exact) mass is 535 g/mol. The highest BCUT2D eigenvalue weighted by molar-refractivity contribution is 14.0. The molecule has 0 heterocycles. The van der Waals surface area contributed by atoms with E-state index in [4.69, 9.17) is 4.74 Å². The van der Waals surface area contributed by atoms with Crippen LogP contribution < -0.4 is 20.1 Å². The van der Waals surface area contributed by atoms with Crippen LogP contribution in [0.4, 0.5) is 8.78 Å². The Morgan fingerprint density at radius 3 is 2.60 bits per heavy atom. The van der Waals surface area contributed by atoms with Gasteiger partial charge in [0.05, 0.1) is 19.8 Å². The van der Waals surface area contributed by atoms with Crippen LogP contribution in [-0.4, -0.2) is 37.9 Å². The zero-order chi connectivity index (χ0) is 21.2. The van der Waals surface area contributed by atoms with E-state index in [9.17, 15) is 13.9 Å². The van der Waals surface area contributed by atoms with E-state index in [-0.39, 0.29) is 42.8 Å². The number of aliphatic imine (C=N–C) groups is 1. The largest absolute Gasteiger partial charge is 0.497 e. The second-order valence-electron chi connectivity index (χ2n) is 6.36. The average molecular weight is 535 g/mol. The lowest BCUT2D eigenvalue weighted by Crippen LogP contribution is -2.39. The van der Waals surface area contributed by atoms with Crippen molar-refractivity contribution >= 4 is 29.9 Å². The molecule has 0 spiro atoms. The first-order chi connectivity index (χ1) is 13.9. The van der Waals surface area contributed by atoms with Crippen LogP contribution in [0, 0.1) is 6.92 Å². The fourth-order valence-corrected chi connectivity index (χ4v) is 2.71. The van der Waals surface area contributed by atoms with Crippen LogP contribution in [0.15, 0.2) is 47.5 Å². The SMILES string of the molecule is CCNC(=NCc1cc(C)ccc1OC(F)F)NCC(O)c1cccc(OC)c1.I. The Hall–Kier alpha value is -2.14. The zero-order valence-electron chi connectivity index (χ0n) is 17.2. The lowest BCUT2D eigenvalue weighted by molar-refractivity contribution is -0.0504. The molecule has 0 aliphatic rings. The van der Waals surface area contributed by atoms with Crippen molar-refractivity contribution in [1.29, 1.82) is 0 Å². The minimum atomic E-state index is -2.90. The predicted octanol–water partition coefficient (Wildman–Crippen LogP) is 4.01. The van der Waals surface area contributed by atoms with E-state index in [1.54, 1.807) is 43.5 Å². The van der Waals surface area contributed by atoms with Crippen molar-refractivity contribution in [2.24, 2.45) is 4.99 Å². The number of aliphatic hydroxyl groups is 1. The van der Waals surface area contributed by atoms with Gasteiger partial charge < -0.3 is 25.2 Å². The number of alkyl halides is 2. The summed E-state index contributed by atoms with van der Waals surface area (Å²) in [7, 11) is 1.57. The zero-order valence-corrected chi connectivity index (χ0v) is 19.5. The number of aryl methyl sites for hydroxylation is 1. The van der Waals surface area contributed by atoms with E-state index in [2.05, 4.69) is 20.4 Å². The molecule has 30 heavy (non-hydrogen) atoms. The Bertz CT molecular complexity index is 822. The topological polar surface area (TPSA) is 75.1 Å². The van der Waals surface area contributed by atoms with Gasteiger partial charge >= 0.3 is 6.61 Å². The predicted molar refractivity (Wildman–Crippen MR) is 124 cm³/mol. The number of hydrogen-bond donors (Lipinski definition) is 3. The van der Waals surface area contributed by atoms with E-state index in [1.807, 2.05) is 13.8 Å². The van der Waals surface area contributed by atoms with Crippen LogP contribution >= 0.6 is 24.0 Å². The molecule has 2 aromatic carbocycles. The lowest BCUT2D eigenvalue weighted by atomic mass is 10.1. The molecule has 0 saturated heterocycles. The van der Waals surface area contributed by atoms with Crippen molar-refractivity contribution in [3.63, 3.8) is 0 Å². The van der Waals surface area contributed by atoms with Gasteiger partial charge in [-0.2, -0.15) is 8.78 Å². The van der Waals surface area contributed by atoms with Gasteiger partial charge in [0.2, 0.25) is 0 Å². The number of methoxy groups -OCH3 is 1. The lowest BCUT2D eigenvalue weighted by Gasteiger charge is -2.16. The van der Waals surface area contributed by atoms with Crippen molar-refractivity contribution in [2.45, 2.75) is 33.1 Å². The van der Waals surface area contributed by atoms with Crippen molar-refractivity contribution in [1.82, 2.24) is 10.6 Å². The number of rotatable bonds is 9. The minimum absolute atomic E-state index is 0. The number of ether oxygens (including phenoxy) is 2. The van der Waals surface area contributed by atoms with E-state index < -0.39 is 12.7 Å². The molecule has 3 N–H and O–H groups in total. The van der Waals surface area contributed by atoms with Gasteiger partial charge in [0, 0.05) is 18.7 Å². The molecule has 1 atom stereocenters. The number of aliphatic hydroxyl groups excluding tert-OH is 1. The third kappa shape index (κ3) is 8.31. The molecule has 6 nitrogen and oxygen atoms in total. The number of nitrogens with zero attached hydrogens (tertiary/aromatic N) is 1. The van der Waals surface area contributed by atoms with E-state index >= 15 is 0 Å². The second kappa shape index (κ2) is 13.2. The summed E-state index contributed by atoms with van der Waals surface area (Å²) in [5.74, 6) is 1.22. The minimum Gasteiger partial charge on any atom is -0.497 e. The van der Waals surface area contributed by atoms with Crippen LogP contribution in [0.1, 0.15) is 29.7 Å². The van der Waals surface area contributed by atoms with Crippen molar-refractivity contribution in [3.05, 3.63) is 59.2 Å². The summed E-state index contributed by atoms with van der Waals surface area (Å²) in [5.41, 5.74) is 2.18. The van der Waals surface area contributed by atoms with Gasteiger partial charge in [0.1, 0.15) is 11.5 Å². The summed E-state index contributed by atoms with van der Waals surface area (Å²) >= 11 is 0. The van der Waals surface area contributed by atoms with Gasteiger partial charge in [0.25, 0.3) is 0 Å². The molecule has 1 unspecified atom stereocenters. The normalized spacial score (nSPS) is 12.2. The molecule has 0 amide bonds. The summed E-state index contributed by atoms with van der Waals surface area (Å²) in [5, 5.41) is 16.6. The summed E-state index contributed by atoms with van der Waals surface area (Å²) in [6.45, 7) is 1.85. The Kier molecular flexibility index (Phi) is 11.4. The molecule has 0 saturated carbocycles. The van der Waals surface area contributed by atoms with Crippen LogP contribution in [0.2, 0.25) is 0 Å². The maximum absolute atomic E-state index is 12.6. The molecular formula is C21H28F2IN3O3. The van der Waals surface area contributed by atoms with E-state index in [1.165, 1.54) is 6.07 Å². The van der Waals surface area contributed by atoms with Crippen molar-refractivity contribution in [3.8, 4) is 11.5 Å². The third-order valence-electron chi connectivity index (χ3n) is 4.13. The maximum Gasteiger partial charge on any atom is 0.387 e. The van der Waals surface area contributed by atoms with Crippen LogP contribution in [0.3, 0.4) is 0 Å². The van der Waals surface area contributed by atoms with Crippen molar-refractivity contribution in [2.75, 3.05) is 20.2 Å². The van der Waals surface area contributed by atoms with Gasteiger partial charge in [-0.25, -0.2) is 4.99 Å². The van der Waals surface area contributed by atoms with Crippen LogP contribution in [0.25, 0.3) is 0 Å². The number of nitrogens with one attached hydrogen (secondary N) is 2. The molecular weight excluding hydrogens is 507 g/mol. The number of benzene rings is 2. The summed E-state index contributed by atoms with van der Waals surface area (Å²) < 4.78 is 35.0. The average Bonchev–Trinajstić information content (AvgIpc) is 2.71. The molecule has 0 aliphatic carbocycles. The number of halogens is 3. The summed E-state index contributed by atoms with van der Waals surface area (Å²) in [6.07, 6.45) is -0.773. The first kappa shape index (κ1) is 25.9. The molecule has 166 valence electrons. The Balaban J connectivity index is 0.00000450. The van der Waals surface area contributed by atoms with Crippen molar-refractivity contribution < 1.29 is 23.4 Å². The van der Waals surface area contributed by atoms with E-state index in [0.717, 1.165) is 5.56 Å². The van der Waals surface area contributed by atoms with Crippen LogP contribution in [0.5, 0.6) is 11.5 Å². The van der Waals surface area contributed by atoms with Gasteiger partial charge in [-0.15, -0.1) is 24.0 Å². The Morgan fingerprint density at radius 2 is 1.93 bits per heavy atom. The van der Waals surface area contributed by atoms with Gasteiger partial charge in [-0.3, -0.25) is 0 Å². The van der Waals surface area contributed by atoms with Gasteiger partial charge in [-0.05, 0) is 37.6 Å². The number of guanidine groups is 1. The highest BCUT2D eigenvalue weighted by Crippen LogP contribution is 2.23. The third-order valence-corrected chi connectivity index (χ3v) is 4.13. The smallest absolute Gasteiger partial charge is 0.387 e. The molecule has 2 aromatic rings. The first-order valence-corrected chi connectivity index (χ1v) is 9.31. The Morgan fingerprint density at radius 1 is 1.17 bits per heavy atom. The molecule has 0 radical (unpaired) electrons. The van der Waals surface area contributed by atoms with Crippen LogP contribution in [-0.2, 0) is 6.54 Å². The molecule has 0 fully saturated rings. The quantitative estimate of drug-likeness (QED) is 0.257.